The number of hydrogen-bond acceptors (Lipinski definition) is 2. The molecule has 1 heterocycles. The van der Waals surface area contributed by atoms with Gasteiger partial charge in [0.1, 0.15) is 0 Å². The number of halogens is 4. The highest BCUT2D eigenvalue weighted by Crippen LogP contribution is 2.27. The van der Waals surface area contributed by atoms with E-state index in [2.05, 4.69) is 20.9 Å². The Morgan fingerprint density at radius 1 is 1.50 bits per heavy atom. The number of nitrogens with zero attached hydrogens (tertiary/aromatic N) is 1. The molecule has 16 heavy (non-hydrogen) atoms. The molecule has 0 aromatic carbocycles. The van der Waals surface area contributed by atoms with E-state index in [1.807, 2.05) is 0 Å². The maximum atomic E-state index is 13.2. The molecule has 0 aliphatic rings. The Hall–Kier alpha value is -1.11. The number of carbonyl (C=O) groups is 1. The smallest absolute Gasteiger partial charge is 0.307 e. The van der Waals surface area contributed by atoms with Crippen LogP contribution in [-0.4, -0.2) is 16.1 Å². The van der Waals surface area contributed by atoms with Crippen molar-refractivity contribution in [3.63, 3.8) is 0 Å². The minimum absolute atomic E-state index is 0.0605. The molecule has 0 saturated heterocycles. The number of aromatic nitrogens is 1. The number of aliphatic carboxylic acids is 1. The lowest BCUT2D eigenvalue weighted by atomic mass is 10.0. The molecule has 0 radical (unpaired) electrons. The van der Waals surface area contributed by atoms with Gasteiger partial charge in [-0.05, 0) is 5.56 Å². The zero-order valence-electron chi connectivity index (χ0n) is 7.88. The van der Waals surface area contributed by atoms with Gasteiger partial charge in [-0.15, -0.1) is 0 Å². The maximum absolute atomic E-state index is 13.2. The van der Waals surface area contributed by atoms with Crippen LogP contribution in [0.15, 0.2) is 6.20 Å². The quantitative estimate of drug-likeness (QED) is 0.687. The van der Waals surface area contributed by atoms with Crippen LogP contribution in [0.1, 0.15) is 23.1 Å². The second-order valence-electron chi connectivity index (χ2n) is 2.97. The van der Waals surface area contributed by atoms with E-state index < -0.39 is 30.3 Å². The Labute approximate surface area is 97.4 Å². The molecule has 0 aliphatic heterocycles. The number of rotatable bonds is 4. The van der Waals surface area contributed by atoms with Crippen LogP contribution in [0.4, 0.5) is 13.2 Å². The summed E-state index contributed by atoms with van der Waals surface area (Å²) in [6.07, 6.45) is -2.86. The summed E-state index contributed by atoms with van der Waals surface area (Å²) in [6, 6.07) is 0. The first-order chi connectivity index (χ1) is 7.47. The highest BCUT2D eigenvalue weighted by atomic mass is 79.9. The van der Waals surface area contributed by atoms with Crippen molar-refractivity contribution in [1.29, 1.82) is 0 Å². The summed E-state index contributed by atoms with van der Waals surface area (Å²) in [5.74, 6) is -2.23. The molecule has 0 unspecified atom stereocenters. The van der Waals surface area contributed by atoms with Crippen LogP contribution >= 0.6 is 15.9 Å². The Balaban J connectivity index is 3.34. The van der Waals surface area contributed by atoms with Crippen molar-refractivity contribution in [2.75, 3.05) is 0 Å². The largest absolute Gasteiger partial charge is 0.481 e. The zero-order chi connectivity index (χ0) is 12.3. The first-order valence-electron chi connectivity index (χ1n) is 4.19. The molecule has 0 amide bonds. The molecule has 1 rings (SSSR count). The Bertz CT molecular complexity index is 412. The second kappa shape index (κ2) is 5.29. The Kier molecular flexibility index (Phi) is 4.28. The monoisotopic (exact) mass is 297 g/mol. The third-order valence-corrected chi connectivity index (χ3v) is 2.54. The van der Waals surface area contributed by atoms with E-state index >= 15 is 0 Å². The number of carboxylic acids is 1. The molecule has 3 nitrogen and oxygen atoms in total. The van der Waals surface area contributed by atoms with E-state index in [1.54, 1.807) is 0 Å². The summed E-state index contributed by atoms with van der Waals surface area (Å²) in [7, 11) is 0. The van der Waals surface area contributed by atoms with Gasteiger partial charge in [0.15, 0.2) is 0 Å². The van der Waals surface area contributed by atoms with Gasteiger partial charge < -0.3 is 5.11 Å². The molecule has 7 heteroatoms. The molecule has 88 valence electrons. The molecule has 0 aliphatic carbocycles. The molecule has 1 aromatic rings. The molecule has 1 aromatic heterocycles. The summed E-state index contributed by atoms with van der Waals surface area (Å²) in [4.78, 5) is 13.7. The lowest BCUT2D eigenvalue weighted by Gasteiger charge is -2.11. The molecule has 0 atom stereocenters. The molecular weight excluding hydrogens is 291 g/mol. The predicted molar refractivity (Wildman–Crippen MR) is 53.1 cm³/mol. The fourth-order valence-electron chi connectivity index (χ4n) is 1.26. The molecule has 0 fully saturated rings. The van der Waals surface area contributed by atoms with E-state index in [1.165, 1.54) is 0 Å². The normalized spacial score (nSPS) is 10.8. The van der Waals surface area contributed by atoms with Gasteiger partial charge in [0.25, 0.3) is 6.43 Å². The van der Waals surface area contributed by atoms with Gasteiger partial charge in [-0.1, -0.05) is 15.9 Å². The highest BCUT2D eigenvalue weighted by Gasteiger charge is 2.21. The van der Waals surface area contributed by atoms with Crippen molar-refractivity contribution in [2.24, 2.45) is 0 Å². The fraction of sp³-hybridized carbons (Fsp3) is 0.333. The van der Waals surface area contributed by atoms with Gasteiger partial charge in [-0.25, -0.2) is 13.8 Å². The van der Waals surface area contributed by atoms with Crippen molar-refractivity contribution in [3.8, 4) is 0 Å². The van der Waals surface area contributed by atoms with Gasteiger partial charge >= 0.3 is 5.97 Å². The van der Waals surface area contributed by atoms with Crippen molar-refractivity contribution >= 4 is 21.9 Å². The van der Waals surface area contributed by atoms with Crippen LogP contribution in [0.2, 0.25) is 0 Å². The third-order valence-electron chi connectivity index (χ3n) is 1.98. The van der Waals surface area contributed by atoms with Crippen LogP contribution in [-0.2, 0) is 16.5 Å². The predicted octanol–water partition coefficient (Wildman–Crippen LogP) is 2.68. The van der Waals surface area contributed by atoms with Gasteiger partial charge in [0, 0.05) is 22.7 Å². The molecule has 0 saturated carbocycles. The van der Waals surface area contributed by atoms with Crippen molar-refractivity contribution < 1.29 is 23.1 Å². The molecule has 0 bridgehead atoms. The highest BCUT2D eigenvalue weighted by molar-refractivity contribution is 9.08. The van der Waals surface area contributed by atoms with E-state index in [9.17, 15) is 18.0 Å². The minimum Gasteiger partial charge on any atom is -0.481 e. The lowest BCUT2D eigenvalue weighted by Crippen LogP contribution is -2.10. The second-order valence-corrected chi connectivity index (χ2v) is 3.53. The summed E-state index contributed by atoms with van der Waals surface area (Å²) in [6.45, 7) is 0. The van der Waals surface area contributed by atoms with Crippen molar-refractivity contribution in [3.05, 3.63) is 28.8 Å². The van der Waals surface area contributed by atoms with E-state index in [0.29, 0.717) is 6.20 Å². The van der Waals surface area contributed by atoms with E-state index in [4.69, 9.17) is 5.11 Å². The summed E-state index contributed by atoms with van der Waals surface area (Å²) < 4.78 is 38.3. The first-order valence-corrected chi connectivity index (χ1v) is 5.31. The number of carboxylic acid groups (broad SMARTS) is 1. The lowest BCUT2D eigenvalue weighted by molar-refractivity contribution is -0.136. The average Bonchev–Trinajstić information content (AvgIpc) is 2.16. The minimum atomic E-state index is -2.87. The van der Waals surface area contributed by atoms with Crippen LogP contribution in [0.25, 0.3) is 0 Å². The van der Waals surface area contributed by atoms with Crippen LogP contribution < -0.4 is 0 Å². The topological polar surface area (TPSA) is 50.2 Å². The van der Waals surface area contributed by atoms with Crippen LogP contribution in [0.5, 0.6) is 0 Å². The van der Waals surface area contributed by atoms with Gasteiger partial charge in [0.2, 0.25) is 5.95 Å². The SMILES string of the molecule is O=C(O)Cc1c(C(F)F)cnc(F)c1CBr. The number of pyridine rings is 1. The number of alkyl halides is 3. The van der Waals surface area contributed by atoms with Gasteiger partial charge in [0.05, 0.1) is 6.42 Å². The maximum Gasteiger partial charge on any atom is 0.307 e. The molecule has 0 spiro atoms. The van der Waals surface area contributed by atoms with Crippen LogP contribution in [0, 0.1) is 5.95 Å². The summed E-state index contributed by atoms with van der Waals surface area (Å²) in [5.41, 5.74) is -0.898. The van der Waals surface area contributed by atoms with Gasteiger partial charge in [-0.2, -0.15) is 4.39 Å². The molecule has 1 N–H and O–H groups in total. The Morgan fingerprint density at radius 3 is 2.56 bits per heavy atom. The van der Waals surface area contributed by atoms with E-state index in [0.717, 1.165) is 0 Å². The van der Waals surface area contributed by atoms with Gasteiger partial charge in [-0.3, -0.25) is 4.79 Å². The summed E-state index contributed by atoms with van der Waals surface area (Å²) in [5, 5.41) is 8.52. The standard InChI is InChI=1S/C9H7BrF3NO2/c10-2-5-4(1-7(15)16)6(8(11)12)3-14-9(5)13/h3,8H,1-2H2,(H,15,16). The zero-order valence-corrected chi connectivity index (χ0v) is 9.47. The fourth-order valence-corrected chi connectivity index (χ4v) is 1.83. The van der Waals surface area contributed by atoms with Crippen molar-refractivity contribution in [2.45, 2.75) is 18.2 Å². The van der Waals surface area contributed by atoms with Crippen molar-refractivity contribution in [1.82, 2.24) is 4.98 Å². The first kappa shape index (κ1) is 13.0. The third kappa shape index (κ3) is 2.72. The summed E-state index contributed by atoms with van der Waals surface area (Å²) >= 11 is 2.91. The number of hydrogen-bond donors (Lipinski definition) is 1. The molecular formula is C9H7BrF3NO2. The van der Waals surface area contributed by atoms with E-state index in [-0.39, 0.29) is 16.5 Å². The van der Waals surface area contributed by atoms with Crippen LogP contribution in [0.3, 0.4) is 0 Å². The Morgan fingerprint density at radius 2 is 2.12 bits per heavy atom. The average molecular weight is 298 g/mol.